The molecule has 0 atom stereocenters. The van der Waals surface area contributed by atoms with E-state index in [2.05, 4.69) is 31.2 Å². The Bertz CT molecular complexity index is 1230. The van der Waals surface area contributed by atoms with Gasteiger partial charge in [-0.25, -0.2) is 4.98 Å². The summed E-state index contributed by atoms with van der Waals surface area (Å²) in [6, 6.07) is 10.1. The summed E-state index contributed by atoms with van der Waals surface area (Å²) < 4.78 is 0. The van der Waals surface area contributed by atoms with Gasteiger partial charge in [0.1, 0.15) is 11.2 Å². The lowest BCUT2D eigenvalue weighted by Gasteiger charge is -2.12. The zero-order valence-electron chi connectivity index (χ0n) is 14.9. The highest BCUT2D eigenvalue weighted by molar-refractivity contribution is 5.94. The molecule has 0 aromatic carbocycles. The number of pyridine rings is 3. The first-order chi connectivity index (χ1) is 13.2. The summed E-state index contributed by atoms with van der Waals surface area (Å²) in [5.74, 6) is 0. The minimum Gasteiger partial charge on any atom is -0.376 e. The van der Waals surface area contributed by atoms with E-state index in [9.17, 15) is 0 Å². The molecule has 2 N–H and O–H groups in total. The van der Waals surface area contributed by atoms with Gasteiger partial charge in [0.25, 0.3) is 0 Å². The predicted octanol–water partition coefficient (Wildman–Crippen LogP) is 3.63. The number of hydrogen-bond acceptors (Lipinski definition) is 5. The largest absolute Gasteiger partial charge is 0.376 e. The summed E-state index contributed by atoms with van der Waals surface area (Å²) in [5.41, 5.74) is 7.30. The average Bonchev–Trinajstić information content (AvgIpc) is 3.31. The molecule has 5 aromatic rings. The van der Waals surface area contributed by atoms with Gasteiger partial charge in [-0.2, -0.15) is 5.10 Å². The number of nitrogens with one attached hydrogen (secondary N) is 2. The van der Waals surface area contributed by atoms with E-state index in [1.54, 1.807) is 6.20 Å². The Hall–Kier alpha value is -3.74. The quantitative estimate of drug-likeness (QED) is 0.516. The van der Waals surface area contributed by atoms with Crippen LogP contribution in [0.1, 0.15) is 0 Å². The van der Waals surface area contributed by atoms with Crippen molar-refractivity contribution in [3.05, 3.63) is 55.1 Å². The molecule has 5 heterocycles. The number of nitrogens with zero attached hydrogens (tertiary/aromatic N) is 5. The van der Waals surface area contributed by atoms with Crippen LogP contribution in [0.25, 0.3) is 44.6 Å². The third-order valence-electron chi connectivity index (χ3n) is 4.62. The summed E-state index contributed by atoms with van der Waals surface area (Å²) in [6.07, 6.45) is 7.27. The second kappa shape index (κ2) is 5.91. The lowest BCUT2D eigenvalue weighted by molar-refractivity contribution is 1.11. The number of aromatic nitrogens is 6. The SMILES string of the molecule is CN(C)c1cncc(-c2ccc3[nH]nc(-c4cc5cnccc5[nH]4)c3n2)c1. The van der Waals surface area contributed by atoms with E-state index in [0.29, 0.717) is 0 Å². The smallest absolute Gasteiger partial charge is 0.135 e. The number of H-pyrrole nitrogens is 2. The Morgan fingerprint density at radius 2 is 1.85 bits per heavy atom. The summed E-state index contributed by atoms with van der Waals surface area (Å²) in [7, 11) is 3.99. The molecule has 132 valence electrons. The highest BCUT2D eigenvalue weighted by Crippen LogP contribution is 2.29. The van der Waals surface area contributed by atoms with E-state index in [1.807, 2.05) is 61.9 Å². The first-order valence-corrected chi connectivity index (χ1v) is 8.60. The van der Waals surface area contributed by atoms with Crippen LogP contribution in [-0.2, 0) is 0 Å². The fraction of sp³-hybridized carbons (Fsp3) is 0.100. The van der Waals surface area contributed by atoms with Crippen molar-refractivity contribution in [3.8, 4) is 22.6 Å². The molecule has 5 aromatic heterocycles. The van der Waals surface area contributed by atoms with Crippen molar-refractivity contribution < 1.29 is 0 Å². The third-order valence-corrected chi connectivity index (χ3v) is 4.62. The molecule has 7 heteroatoms. The normalized spacial score (nSPS) is 11.3. The van der Waals surface area contributed by atoms with E-state index in [4.69, 9.17) is 4.98 Å². The van der Waals surface area contributed by atoms with Crippen LogP contribution in [-0.4, -0.2) is 44.2 Å². The fourth-order valence-corrected chi connectivity index (χ4v) is 3.16. The predicted molar refractivity (Wildman–Crippen MR) is 107 cm³/mol. The molecule has 0 fully saturated rings. The van der Waals surface area contributed by atoms with Gasteiger partial charge in [-0.05, 0) is 30.3 Å². The molecule has 27 heavy (non-hydrogen) atoms. The Morgan fingerprint density at radius 3 is 2.70 bits per heavy atom. The minimum absolute atomic E-state index is 0.791. The van der Waals surface area contributed by atoms with Crippen LogP contribution in [0.4, 0.5) is 5.69 Å². The van der Waals surface area contributed by atoms with Gasteiger partial charge in [-0.15, -0.1) is 0 Å². The molecule has 7 nitrogen and oxygen atoms in total. The van der Waals surface area contributed by atoms with Gasteiger partial charge in [-0.3, -0.25) is 15.1 Å². The van der Waals surface area contributed by atoms with Crippen molar-refractivity contribution in [1.29, 1.82) is 0 Å². The summed E-state index contributed by atoms with van der Waals surface area (Å²) >= 11 is 0. The van der Waals surface area contributed by atoms with Crippen LogP contribution in [0.5, 0.6) is 0 Å². The standard InChI is InChI=1S/C20H17N7/c1-27(2)14-7-12(10-22-11-14)15-3-4-17-19(24-15)20(26-25-17)18-8-13-9-21-6-5-16(13)23-18/h3-11,23H,1-2H3,(H,25,26). The van der Waals surface area contributed by atoms with Crippen molar-refractivity contribution in [2.45, 2.75) is 0 Å². The Balaban J connectivity index is 1.65. The first-order valence-electron chi connectivity index (χ1n) is 8.60. The number of hydrogen-bond donors (Lipinski definition) is 2. The van der Waals surface area contributed by atoms with E-state index < -0.39 is 0 Å². The van der Waals surface area contributed by atoms with E-state index in [-0.39, 0.29) is 0 Å². The van der Waals surface area contributed by atoms with Crippen molar-refractivity contribution in [1.82, 2.24) is 30.1 Å². The van der Waals surface area contributed by atoms with E-state index in [0.717, 1.165) is 50.3 Å². The molecule has 0 spiro atoms. The lowest BCUT2D eigenvalue weighted by atomic mass is 10.1. The Kier molecular flexibility index (Phi) is 3.39. The van der Waals surface area contributed by atoms with Crippen molar-refractivity contribution in [3.63, 3.8) is 0 Å². The number of rotatable bonds is 3. The Morgan fingerprint density at radius 1 is 0.926 bits per heavy atom. The van der Waals surface area contributed by atoms with Crippen LogP contribution in [0.15, 0.2) is 55.1 Å². The topological polar surface area (TPSA) is 86.4 Å². The monoisotopic (exact) mass is 355 g/mol. The summed E-state index contributed by atoms with van der Waals surface area (Å²) in [6.45, 7) is 0. The molecule has 0 unspecified atom stereocenters. The first kappa shape index (κ1) is 15.5. The van der Waals surface area contributed by atoms with E-state index in [1.165, 1.54) is 0 Å². The van der Waals surface area contributed by atoms with Crippen molar-refractivity contribution in [2.75, 3.05) is 19.0 Å². The number of fused-ring (bicyclic) bond motifs is 2. The van der Waals surface area contributed by atoms with Gasteiger partial charge in [0.05, 0.1) is 28.8 Å². The minimum atomic E-state index is 0.791. The zero-order valence-corrected chi connectivity index (χ0v) is 14.9. The molecule has 0 aliphatic rings. The summed E-state index contributed by atoms with van der Waals surface area (Å²) in [4.78, 5) is 18.8. The molecule has 0 radical (unpaired) electrons. The van der Waals surface area contributed by atoms with Crippen LogP contribution in [0.2, 0.25) is 0 Å². The van der Waals surface area contributed by atoms with E-state index >= 15 is 0 Å². The molecule has 0 saturated heterocycles. The lowest BCUT2D eigenvalue weighted by Crippen LogP contribution is -2.08. The van der Waals surface area contributed by atoms with Crippen LogP contribution in [0, 0.1) is 0 Å². The number of anilines is 1. The van der Waals surface area contributed by atoms with Gasteiger partial charge in [0, 0.05) is 49.2 Å². The molecule has 0 bridgehead atoms. The van der Waals surface area contributed by atoms with Crippen molar-refractivity contribution in [2.24, 2.45) is 0 Å². The van der Waals surface area contributed by atoms with Gasteiger partial charge < -0.3 is 9.88 Å². The molecular weight excluding hydrogens is 338 g/mol. The van der Waals surface area contributed by atoms with Gasteiger partial charge >= 0.3 is 0 Å². The highest BCUT2D eigenvalue weighted by atomic mass is 15.1. The molecule has 0 saturated carbocycles. The molecule has 0 amide bonds. The van der Waals surface area contributed by atoms with Crippen LogP contribution < -0.4 is 4.90 Å². The molecular formula is C20H17N7. The maximum Gasteiger partial charge on any atom is 0.135 e. The average molecular weight is 355 g/mol. The van der Waals surface area contributed by atoms with Crippen LogP contribution in [0.3, 0.4) is 0 Å². The zero-order chi connectivity index (χ0) is 18.4. The molecule has 0 aliphatic carbocycles. The van der Waals surface area contributed by atoms with Crippen molar-refractivity contribution >= 4 is 27.6 Å². The van der Waals surface area contributed by atoms with Crippen LogP contribution >= 0.6 is 0 Å². The maximum absolute atomic E-state index is 4.86. The van der Waals surface area contributed by atoms with Gasteiger partial charge in [0.2, 0.25) is 0 Å². The fourth-order valence-electron chi connectivity index (χ4n) is 3.16. The highest BCUT2D eigenvalue weighted by Gasteiger charge is 2.14. The molecule has 5 rings (SSSR count). The third kappa shape index (κ3) is 2.60. The summed E-state index contributed by atoms with van der Waals surface area (Å²) in [5, 5.41) is 8.59. The van der Waals surface area contributed by atoms with Gasteiger partial charge in [-0.1, -0.05) is 0 Å². The van der Waals surface area contributed by atoms with Gasteiger partial charge in [0.15, 0.2) is 0 Å². The molecule has 0 aliphatic heterocycles. The second-order valence-corrected chi connectivity index (χ2v) is 6.64. The maximum atomic E-state index is 4.86. The second-order valence-electron chi connectivity index (χ2n) is 6.64. The Labute approximate surface area is 155 Å². The number of aromatic amines is 2.